The number of rotatable bonds is 6. The van der Waals surface area contributed by atoms with E-state index in [2.05, 4.69) is 12.2 Å². The monoisotopic (exact) mass is 300 g/mol. The topological polar surface area (TPSA) is 61.8 Å². The lowest BCUT2D eigenvalue weighted by Crippen LogP contribution is -2.43. The molecule has 0 aromatic heterocycles. The van der Waals surface area contributed by atoms with Crippen molar-refractivity contribution in [2.24, 2.45) is 5.92 Å². The Morgan fingerprint density at radius 3 is 2.52 bits per heavy atom. The standard InChI is InChI=1S/C16H32N2O3/c1-5-6-14(19)12-17-11-13-7-9-18(10-8-13)15(20)21-16(2,3)4/h13-14,17,19H,5-12H2,1-4H3. The number of hydrogen-bond acceptors (Lipinski definition) is 4. The van der Waals surface area contributed by atoms with Gasteiger partial charge in [-0.2, -0.15) is 0 Å². The summed E-state index contributed by atoms with van der Waals surface area (Å²) in [6.45, 7) is 10.9. The minimum atomic E-state index is -0.426. The van der Waals surface area contributed by atoms with Crippen LogP contribution in [0.3, 0.4) is 0 Å². The predicted molar refractivity (Wildman–Crippen MR) is 84.3 cm³/mol. The van der Waals surface area contributed by atoms with Crippen LogP contribution in [0.25, 0.3) is 0 Å². The van der Waals surface area contributed by atoms with Crippen LogP contribution in [-0.2, 0) is 4.74 Å². The van der Waals surface area contributed by atoms with Gasteiger partial charge in [0.1, 0.15) is 5.60 Å². The normalized spacial score (nSPS) is 18.6. The molecule has 5 nitrogen and oxygen atoms in total. The van der Waals surface area contributed by atoms with Crippen molar-refractivity contribution in [3.63, 3.8) is 0 Å². The van der Waals surface area contributed by atoms with E-state index in [0.717, 1.165) is 45.3 Å². The molecule has 1 rings (SSSR count). The molecular weight excluding hydrogens is 268 g/mol. The fraction of sp³-hybridized carbons (Fsp3) is 0.938. The third-order valence-electron chi connectivity index (χ3n) is 3.70. The number of aliphatic hydroxyl groups excluding tert-OH is 1. The second-order valence-corrected chi connectivity index (χ2v) is 7.01. The molecule has 1 aliphatic rings. The fourth-order valence-electron chi connectivity index (χ4n) is 2.54. The molecule has 2 N–H and O–H groups in total. The van der Waals surface area contributed by atoms with Crippen molar-refractivity contribution < 1.29 is 14.6 Å². The maximum Gasteiger partial charge on any atom is 0.410 e. The summed E-state index contributed by atoms with van der Waals surface area (Å²) in [5.74, 6) is 0.581. The highest BCUT2D eigenvalue weighted by Gasteiger charge is 2.26. The summed E-state index contributed by atoms with van der Waals surface area (Å²) in [6, 6.07) is 0. The zero-order valence-electron chi connectivity index (χ0n) is 14.0. The molecule has 1 saturated heterocycles. The summed E-state index contributed by atoms with van der Waals surface area (Å²) in [5.41, 5.74) is -0.426. The van der Waals surface area contributed by atoms with Gasteiger partial charge in [0.15, 0.2) is 0 Å². The van der Waals surface area contributed by atoms with Gasteiger partial charge in [0.25, 0.3) is 0 Å². The van der Waals surface area contributed by atoms with Gasteiger partial charge in [-0.1, -0.05) is 13.3 Å². The summed E-state index contributed by atoms with van der Waals surface area (Å²) < 4.78 is 5.39. The van der Waals surface area contributed by atoms with Crippen molar-refractivity contribution >= 4 is 6.09 Å². The van der Waals surface area contributed by atoms with Crippen molar-refractivity contribution in [2.75, 3.05) is 26.2 Å². The molecule has 0 aliphatic carbocycles. The number of piperidine rings is 1. The SMILES string of the molecule is CCCC(O)CNCC1CCN(C(=O)OC(C)(C)C)CC1. The lowest BCUT2D eigenvalue weighted by molar-refractivity contribution is 0.0183. The van der Waals surface area contributed by atoms with Crippen LogP contribution in [0, 0.1) is 5.92 Å². The largest absolute Gasteiger partial charge is 0.444 e. The maximum atomic E-state index is 12.0. The van der Waals surface area contributed by atoms with E-state index < -0.39 is 5.60 Å². The Morgan fingerprint density at radius 2 is 2.00 bits per heavy atom. The van der Waals surface area contributed by atoms with Crippen molar-refractivity contribution in [1.29, 1.82) is 0 Å². The Labute approximate surface area is 129 Å². The van der Waals surface area contributed by atoms with Crippen LogP contribution in [0.5, 0.6) is 0 Å². The van der Waals surface area contributed by atoms with Crippen molar-refractivity contribution in [3.8, 4) is 0 Å². The van der Waals surface area contributed by atoms with Crippen molar-refractivity contribution in [2.45, 2.75) is 65.1 Å². The molecule has 0 saturated carbocycles. The molecule has 0 aromatic carbocycles. The van der Waals surface area contributed by atoms with Gasteiger partial charge in [0, 0.05) is 19.6 Å². The van der Waals surface area contributed by atoms with E-state index in [-0.39, 0.29) is 12.2 Å². The van der Waals surface area contributed by atoms with Gasteiger partial charge in [0.2, 0.25) is 0 Å². The molecule has 1 unspecified atom stereocenters. The van der Waals surface area contributed by atoms with E-state index in [4.69, 9.17) is 4.74 Å². The molecular formula is C16H32N2O3. The summed E-state index contributed by atoms with van der Waals surface area (Å²) >= 11 is 0. The molecule has 0 bridgehead atoms. The second-order valence-electron chi connectivity index (χ2n) is 7.01. The smallest absolute Gasteiger partial charge is 0.410 e. The maximum absolute atomic E-state index is 12.0. The van der Waals surface area contributed by atoms with Gasteiger partial charge in [-0.05, 0) is 52.5 Å². The van der Waals surface area contributed by atoms with E-state index in [1.165, 1.54) is 0 Å². The van der Waals surface area contributed by atoms with Gasteiger partial charge < -0.3 is 20.1 Å². The molecule has 1 aliphatic heterocycles. The van der Waals surface area contributed by atoms with Gasteiger partial charge >= 0.3 is 6.09 Å². The van der Waals surface area contributed by atoms with Crippen LogP contribution in [0.1, 0.15) is 53.4 Å². The van der Waals surface area contributed by atoms with Crippen LogP contribution < -0.4 is 5.32 Å². The minimum Gasteiger partial charge on any atom is -0.444 e. The van der Waals surface area contributed by atoms with Gasteiger partial charge in [-0.25, -0.2) is 4.79 Å². The molecule has 0 aromatic rings. The van der Waals surface area contributed by atoms with Crippen LogP contribution in [0.4, 0.5) is 4.79 Å². The van der Waals surface area contributed by atoms with Gasteiger partial charge in [0.05, 0.1) is 6.10 Å². The van der Waals surface area contributed by atoms with Gasteiger partial charge in [-0.15, -0.1) is 0 Å². The average molecular weight is 300 g/mol. The number of carbonyl (C=O) groups excluding carboxylic acids is 1. The van der Waals surface area contributed by atoms with Crippen LogP contribution >= 0.6 is 0 Å². The summed E-state index contributed by atoms with van der Waals surface area (Å²) in [6.07, 6.45) is 3.41. The molecule has 1 amide bonds. The summed E-state index contributed by atoms with van der Waals surface area (Å²) in [5, 5.41) is 13.0. The number of nitrogens with one attached hydrogen (secondary N) is 1. The van der Waals surface area contributed by atoms with Crippen LogP contribution in [0.15, 0.2) is 0 Å². The van der Waals surface area contributed by atoms with Crippen molar-refractivity contribution in [3.05, 3.63) is 0 Å². The Hall–Kier alpha value is -0.810. The molecule has 0 spiro atoms. The quantitative estimate of drug-likeness (QED) is 0.790. The Balaban J connectivity index is 2.19. The third kappa shape index (κ3) is 7.67. The number of likely N-dealkylation sites (tertiary alicyclic amines) is 1. The van der Waals surface area contributed by atoms with E-state index in [1.807, 2.05) is 20.8 Å². The van der Waals surface area contributed by atoms with E-state index in [0.29, 0.717) is 12.5 Å². The Morgan fingerprint density at radius 1 is 1.38 bits per heavy atom. The first-order chi connectivity index (χ1) is 9.81. The number of amides is 1. The first-order valence-electron chi connectivity index (χ1n) is 8.18. The van der Waals surface area contributed by atoms with E-state index in [1.54, 1.807) is 4.90 Å². The molecule has 1 heterocycles. The first-order valence-corrected chi connectivity index (χ1v) is 8.18. The molecule has 21 heavy (non-hydrogen) atoms. The number of hydrogen-bond donors (Lipinski definition) is 2. The number of aliphatic hydroxyl groups is 1. The average Bonchev–Trinajstić information content (AvgIpc) is 2.38. The highest BCUT2D eigenvalue weighted by atomic mass is 16.6. The highest BCUT2D eigenvalue weighted by molar-refractivity contribution is 5.68. The number of carbonyl (C=O) groups is 1. The molecule has 1 atom stereocenters. The first kappa shape index (κ1) is 18.2. The highest BCUT2D eigenvalue weighted by Crippen LogP contribution is 2.19. The molecule has 124 valence electrons. The van der Waals surface area contributed by atoms with Crippen LogP contribution in [0.2, 0.25) is 0 Å². The number of nitrogens with zero attached hydrogens (tertiary/aromatic N) is 1. The second kappa shape index (κ2) is 8.59. The van der Waals surface area contributed by atoms with E-state index in [9.17, 15) is 9.90 Å². The summed E-state index contributed by atoms with van der Waals surface area (Å²) in [4.78, 5) is 13.7. The fourth-order valence-corrected chi connectivity index (χ4v) is 2.54. The lowest BCUT2D eigenvalue weighted by Gasteiger charge is -2.33. The zero-order valence-corrected chi connectivity index (χ0v) is 14.0. The molecule has 0 radical (unpaired) electrons. The van der Waals surface area contributed by atoms with Crippen molar-refractivity contribution in [1.82, 2.24) is 10.2 Å². The van der Waals surface area contributed by atoms with E-state index >= 15 is 0 Å². The molecule has 1 fully saturated rings. The summed E-state index contributed by atoms with van der Waals surface area (Å²) in [7, 11) is 0. The minimum absolute atomic E-state index is 0.202. The Bertz CT molecular complexity index is 307. The van der Waals surface area contributed by atoms with Crippen LogP contribution in [-0.4, -0.2) is 54.0 Å². The number of ether oxygens (including phenoxy) is 1. The lowest BCUT2D eigenvalue weighted by atomic mass is 9.97. The zero-order chi connectivity index (χ0) is 15.9. The Kier molecular flexibility index (Phi) is 7.46. The molecule has 5 heteroatoms. The third-order valence-corrected chi connectivity index (χ3v) is 3.70. The van der Waals surface area contributed by atoms with Gasteiger partial charge in [-0.3, -0.25) is 0 Å². The predicted octanol–water partition coefficient (Wildman–Crippen LogP) is 2.38.